The van der Waals surface area contributed by atoms with E-state index in [1.807, 2.05) is 0 Å². The van der Waals surface area contributed by atoms with Crippen LogP contribution in [-0.2, 0) is 4.79 Å². The monoisotopic (exact) mass is 401 g/mol. The lowest BCUT2D eigenvalue weighted by Crippen LogP contribution is -2.37. The summed E-state index contributed by atoms with van der Waals surface area (Å²) in [6, 6.07) is 4.65. The minimum atomic E-state index is -0.502. The van der Waals surface area contributed by atoms with Crippen molar-refractivity contribution in [1.29, 1.82) is 0 Å². The molecule has 2 aliphatic rings. The zero-order valence-electron chi connectivity index (χ0n) is 14.5. The van der Waals surface area contributed by atoms with E-state index >= 15 is 0 Å². The Morgan fingerprint density at radius 2 is 1.92 bits per heavy atom. The molecule has 1 aromatic rings. The molecule has 2 amide bonds. The highest BCUT2D eigenvalue weighted by atomic mass is 35.5. The highest BCUT2D eigenvalue weighted by Crippen LogP contribution is 2.23. The lowest BCUT2D eigenvalue weighted by Gasteiger charge is -2.23. The predicted octanol–water partition coefficient (Wildman–Crippen LogP) is 2.49. The number of amides is 2. The molecule has 0 radical (unpaired) electrons. The van der Waals surface area contributed by atoms with E-state index in [2.05, 4.69) is 16.0 Å². The van der Waals surface area contributed by atoms with E-state index < -0.39 is 12.1 Å². The maximum Gasteiger partial charge on any atom is 0.253 e. The van der Waals surface area contributed by atoms with E-state index in [1.165, 1.54) is 6.42 Å². The number of nitrogens with one attached hydrogen (secondary N) is 3. The lowest BCUT2D eigenvalue weighted by molar-refractivity contribution is -0.117. The van der Waals surface area contributed by atoms with Crippen molar-refractivity contribution in [2.75, 3.05) is 11.9 Å². The number of halogens is 2. The summed E-state index contributed by atoms with van der Waals surface area (Å²) in [5.41, 5.74) is 0.885. The second kappa shape index (κ2) is 9.55. The summed E-state index contributed by atoms with van der Waals surface area (Å²) < 4.78 is 0. The van der Waals surface area contributed by atoms with Gasteiger partial charge >= 0.3 is 0 Å². The first kappa shape index (κ1) is 21.0. The molecule has 1 aliphatic heterocycles. The van der Waals surface area contributed by atoms with Crippen LogP contribution in [0.5, 0.6) is 0 Å². The van der Waals surface area contributed by atoms with E-state index in [0.717, 1.165) is 25.7 Å². The van der Waals surface area contributed by atoms with Gasteiger partial charge in [-0.25, -0.2) is 0 Å². The normalized spacial score (nSPS) is 23.2. The Morgan fingerprint density at radius 1 is 1.19 bits per heavy atom. The number of rotatable bonds is 4. The summed E-state index contributed by atoms with van der Waals surface area (Å²) in [5, 5.41) is 18.6. The van der Waals surface area contributed by atoms with Gasteiger partial charge in [-0.05, 0) is 37.5 Å². The largest absolute Gasteiger partial charge is 0.392 e. The molecule has 8 heteroatoms. The third-order valence-corrected chi connectivity index (χ3v) is 5.17. The Kier molecular flexibility index (Phi) is 7.70. The second-order valence-corrected chi connectivity index (χ2v) is 7.25. The van der Waals surface area contributed by atoms with E-state index in [4.69, 9.17) is 11.6 Å². The van der Waals surface area contributed by atoms with Crippen LogP contribution in [0.3, 0.4) is 0 Å². The number of aliphatic hydroxyl groups is 1. The third kappa shape index (κ3) is 5.33. The molecule has 1 aromatic carbocycles. The fourth-order valence-electron chi connectivity index (χ4n) is 3.43. The second-order valence-electron chi connectivity index (χ2n) is 6.84. The molecule has 2 fully saturated rings. The molecule has 1 saturated carbocycles. The van der Waals surface area contributed by atoms with Gasteiger partial charge in [0, 0.05) is 18.3 Å². The smallest absolute Gasteiger partial charge is 0.253 e. The minimum absolute atomic E-state index is 0. The van der Waals surface area contributed by atoms with E-state index in [-0.39, 0.29) is 30.3 Å². The van der Waals surface area contributed by atoms with E-state index in [0.29, 0.717) is 29.2 Å². The Labute approximate surface area is 164 Å². The van der Waals surface area contributed by atoms with E-state index in [1.54, 1.807) is 18.2 Å². The Bertz CT molecular complexity index is 651. The molecule has 2 unspecified atom stereocenters. The van der Waals surface area contributed by atoms with Gasteiger partial charge in [0.1, 0.15) is 0 Å². The molecule has 1 saturated heterocycles. The fraction of sp³-hybridized carbons (Fsp3) is 0.556. The molecule has 0 bridgehead atoms. The van der Waals surface area contributed by atoms with Gasteiger partial charge in [-0.1, -0.05) is 30.9 Å². The molecule has 3 rings (SSSR count). The summed E-state index contributed by atoms with van der Waals surface area (Å²) in [6.07, 6.45) is 5.36. The van der Waals surface area contributed by atoms with Gasteiger partial charge in [0.15, 0.2) is 0 Å². The van der Waals surface area contributed by atoms with Crippen LogP contribution in [-0.4, -0.2) is 41.7 Å². The average molecular weight is 402 g/mol. The van der Waals surface area contributed by atoms with Crippen molar-refractivity contribution in [3.63, 3.8) is 0 Å². The van der Waals surface area contributed by atoms with Crippen molar-refractivity contribution < 1.29 is 14.7 Å². The van der Waals surface area contributed by atoms with Gasteiger partial charge in [0.2, 0.25) is 5.91 Å². The summed E-state index contributed by atoms with van der Waals surface area (Å²) in [7, 11) is 0. The molecule has 4 N–H and O–H groups in total. The minimum Gasteiger partial charge on any atom is -0.392 e. The SMILES string of the molecule is Cl.O=C(NC1CCCCC1)c1cc(NC(=O)C2CC(O)CN2)ccc1Cl. The first-order valence-electron chi connectivity index (χ1n) is 8.85. The predicted molar refractivity (Wildman–Crippen MR) is 104 cm³/mol. The summed E-state index contributed by atoms with van der Waals surface area (Å²) in [5.74, 6) is -0.431. The van der Waals surface area contributed by atoms with E-state index in [9.17, 15) is 14.7 Å². The standard InChI is InChI=1S/C18H24ClN3O3.ClH/c19-15-7-6-12(22-18(25)16-9-13(23)10-20-16)8-14(15)17(24)21-11-4-2-1-3-5-11;/h6-8,11,13,16,20,23H,1-5,9-10H2,(H,21,24)(H,22,25);1H. The van der Waals surface area contributed by atoms with Gasteiger partial charge in [-0.15, -0.1) is 12.4 Å². The number of hydrogen-bond acceptors (Lipinski definition) is 4. The molecular weight excluding hydrogens is 377 g/mol. The number of benzene rings is 1. The van der Waals surface area contributed by atoms with Gasteiger partial charge < -0.3 is 21.1 Å². The first-order valence-corrected chi connectivity index (χ1v) is 9.23. The van der Waals surface area contributed by atoms with Crippen LogP contribution >= 0.6 is 24.0 Å². The summed E-state index contributed by atoms with van der Waals surface area (Å²) in [6.45, 7) is 0.410. The maximum atomic E-state index is 12.5. The van der Waals surface area contributed by atoms with Crippen molar-refractivity contribution in [1.82, 2.24) is 10.6 Å². The Balaban J connectivity index is 0.00000243. The Morgan fingerprint density at radius 3 is 2.58 bits per heavy atom. The van der Waals surface area contributed by atoms with Crippen LogP contribution in [0.15, 0.2) is 18.2 Å². The van der Waals surface area contributed by atoms with Crippen LogP contribution in [0.1, 0.15) is 48.9 Å². The fourth-order valence-corrected chi connectivity index (χ4v) is 3.64. The zero-order valence-corrected chi connectivity index (χ0v) is 16.0. The highest BCUT2D eigenvalue weighted by Gasteiger charge is 2.28. The summed E-state index contributed by atoms with van der Waals surface area (Å²) in [4.78, 5) is 24.7. The number of carbonyl (C=O) groups is 2. The van der Waals surface area contributed by atoms with Crippen molar-refractivity contribution in [3.05, 3.63) is 28.8 Å². The molecule has 0 aromatic heterocycles. The number of aliphatic hydroxyl groups excluding tert-OH is 1. The molecule has 144 valence electrons. The molecule has 6 nitrogen and oxygen atoms in total. The van der Waals surface area contributed by atoms with Gasteiger partial charge in [0.25, 0.3) is 5.91 Å². The van der Waals surface area contributed by atoms with Crippen molar-refractivity contribution in [3.8, 4) is 0 Å². The van der Waals surface area contributed by atoms with Gasteiger partial charge in [-0.3, -0.25) is 9.59 Å². The topological polar surface area (TPSA) is 90.5 Å². The van der Waals surface area contributed by atoms with Crippen molar-refractivity contribution in [2.45, 2.75) is 56.7 Å². The quantitative estimate of drug-likeness (QED) is 0.623. The molecule has 26 heavy (non-hydrogen) atoms. The first-order chi connectivity index (χ1) is 12.0. The third-order valence-electron chi connectivity index (χ3n) is 4.84. The average Bonchev–Trinajstić information content (AvgIpc) is 3.04. The number of carbonyl (C=O) groups excluding carboxylic acids is 2. The summed E-state index contributed by atoms with van der Waals surface area (Å²) >= 11 is 6.17. The maximum absolute atomic E-state index is 12.5. The number of anilines is 1. The number of hydrogen-bond donors (Lipinski definition) is 4. The van der Waals surface area contributed by atoms with Crippen LogP contribution < -0.4 is 16.0 Å². The van der Waals surface area contributed by atoms with Crippen molar-refractivity contribution >= 4 is 41.5 Å². The molecule has 1 heterocycles. The van der Waals surface area contributed by atoms with Crippen LogP contribution in [0.25, 0.3) is 0 Å². The zero-order chi connectivity index (χ0) is 17.8. The molecule has 0 spiro atoms. The van der Waals surface area contributed by atoms with Gasteiger partial charge in [-0.2, -0.15) is 0 Å². The Hall–Kier alpha value is -1.34. The van der Waals surface area contributed by atoms with Crippen LogP contribution in [0.4, 0.5) is 5.69 Å². The lowest BCUT2D eigenvalue weighted by atomic mass is 9.95. The molecule has 1 aliphatic carbocycles. The molecular formula is C18H25Cl2N3O3. The highest BCUT2D eigenvalue weighted by molar-refractivity contribution is 6.34. The van der Waals surface area contributed by atoms with Crippen LogP contribution in [0, 0.1) is 0 Å². The molecule has 2 atom stereocenters. The van der Waals surface area contributed by atoms with Crippen molar-refractivity contribution in [2.24, 2.45) is 0 Å². The number of β-amino-alcohol motifs (C(OH)–C–C–N with tert-alkyl or cyclic N) is 1. The van der Waals surface area contributed by atoms with Crippen LogP contribution in [0.2, 0.25) is 5.02 Å². The van der Waals surface area contributed by atoms with Gasteiger partial charge in [0.05, 0.1) is 22.7 Å².